The standard InChI is InChI=1S/C16H16N2O2/c1-20-14-4-2-3-13(10-14)18-16(19)12-6-5-11-7-8-17-15(11)9-12/h2-6,9-10,17H,7-8H2,1H3,(H,18,19). The molecule has 4 heteroatoms. The number of benzene rings is 2. The van der Waals surface area contributed by atoms with E-state index in [0.717, 1.165) is 30.1 Å². The molecule has 0 fully saturated rings. The van der Waals surface area contributed by atoms with Gasteiger partial charge in [-0.2, -0.15) is 0 Å². The van der Waals surface area contributed by atoms with E-state index in [1.807, 2.05) is 36.4 Å². The van der Waals surface area contributed by atoms with Gasteiger partial charge in [-0.15, -0.1) is 0 Å². The van der Waals surface area contributed by atoms with E-state index in [1.165, 1.54) is 5.56 Å². The van der Waals surface area contributed by atoms with Crippen molar-refractivity contribution in [1.82, 2.24) is 0 Å². The zero-order valence-corrected chi connectivity index (χ0v) is 11.3. The van der Waals surface area contributed by atoms with Gasteiger partial charge in [-0.25, -0.2) is 0 Å². The van der Waals surface area contributed by atoms with E-state index in [-0.39, 0.29) is 5.91 Å². The van der Waals surface area contributed by atoms with Gasteiger partial charge in [-0.1, -0.05) is 12.1 Å². The van der Waals surface area contributed by atoms with Crippen LogP contribution in [0.1, 0.15) is 15.9 Å². The maximum atomic E-state index is 12.2. The van der Waals surface area contributed by atoms with Crippen LogP contribution in [0.4, 0.5) is 11.4 Å². The molecule has 0 aliphatic carbocycles. The largest absolute Gasteiger partial charge is 0.497 e. The minimum absolute atomic E-state index is 0.116. The van der Waals surface area contributed by atoms with Gasteiger partial charge in [0.15, 0.2) is 0 Å². The van der Waals surface area contributed by atoms with E-state index in [4.69, 9.17) is 4.74 Å². The summed E-state index contributed by atoms with van der Waals surface area (Å²) in [6, 6.07) is 13.1. The van der Waals surface area contributed by atoms with Crippen molar-refractivity contribution in [1.29, 1.82) is 0 Å². The zero-order chi connectivity index (χ0) is 13.9. The Labute approximate surface area is 117 Å². The Kier molecular flexibility index (Phi) is 3.29. The number of methoxy groups -OCH3 is 1. The number of hydrogen-bond acceptors (Lipinski definition) is 3. The van der Waals surface area contributed by atoms with Crippen LogP contribution in [0.5, 0.6) is 5.75 Å². The molecule has 1 heterocycles. The van der Waals surface area contributed by atoms with Gasteiger partial charge in [-0.05, 0) is 36.2 Å². The highest BCUT2D eigenvalue weighted by Gasteiger charge is 2.13. The molecule has 0 radical (unpaired) electrons. The van der Waals surface area contributed by atoms with E-state index in [1.54, 1.807) is 13.2 Å². The first-order valence-corrected chi connectivity index (χ1v) is 6.58. The molecule has 2 N–H and O–H groups in total. The van der Waals surface area contributed by atoms with Crippen LogP contribution in [0.3, 0.4) is 0 Å². The smallest absolute Gasteiger partial charge is 0.255 e. The maximum absolute atomic E-state index is 12.2. The zero-order valence-electron chi connectivity index (χ0n) is 11.3. The average molecular weight is 268 g/mol. The van der Waals surface area contributed by atoms with Gasteiger partial charge in [0.05, 0.1) is 7.11 Å². The second kappa shape index (κ2) is 5.25. The number of nitrogens with one attached hydrogen (secondary N) is 2. The van der Waals surface area contributed by atoms with Crippen LogP contribution in [0, 0.1) is 0 Å². The van der Waals surface area contributed by atoms with Gasteiger partial charge in [0.25, 0.3) is 5.91 Å². The van der Waals surface area contributed by atoms with Crippen molar-refractivity contribution in [2.45, 2.75) is 6.42 Å². The summed E-state index contributed by atoms with van der Waals surface area (Å²) in [6.45, 7) is 0.941. The average Bonchev–Trinajstić information content (AvgIpc) is 2.94. The molecule has 0 saturated heterocycles. The predicted octanol–water partition coefficient (Wildman–Crippen LogP) is 2.92. The second-order valence-electron chi connectivity index (χ2n) is 4.73. The predicted molar refractivity (Wildman–Crippen MR) is 79.6 cm³/mol. The van der Waals surface area contributed by atoms with Crippen molar-refractivity contribution in [2.75, 3.05) is 24.3 Å². The van der Waals surface area contributed by atoms with Crippen LogP contribution >= 0.6 is 0 Å². The molecule has 4 nitrogen and oxygen atoms in total. The van der Waals surface area contributed by atoms with E-state index in [9.17, 15) is 4.79 Å². The first kappa shape index (κ1) is 12.5. The third-order valence-corrected chi connectivity index (χ3v) is 3.41. The van der Waals surface area contributed by atoms with Crippen LogP contribution in [-0.4, -0.2) is 19.6 Å². The molecule has 2 aromatic rings. The topological polar surface area (TPSA) is 50.4 Å². The fraction of sp³-hybridized carbons (Fsp3) is 0.188. The molecule has 0 atom stereocenters. The number of amides is 1. The fourth-order valence-electron chi connectivity index (χ4n) is 2.34. The summed E-state index contributed by atoms with van der Waals surface area (Å²) in [7, 11) is 1.60. The van der Waals surface area contributed by atoms with E-state index in [0.29, 0.717) is 5.56 Å². The van der Waals surface area contributed by atoms with Crippen LogP contribution in [0.2, 0.25) is 0 Å². The fourth-order valence-corrected chi connectivity index (χ4v) is 2.34. The van der Waals surface area contributed by atoms with E-state index in [2.05, 4.69) is 10.6 Å². The van der Waals surface area contributed by atoms with Crippen LogP contribution < -0.4 is 15.4 Å². The molecule has 0 aromatic heterocycles. The highest BCUT2D eigenvalue weighted by atomic mass is 16.5. The monoisotopic (exact) mass is 268 g/mol. The van der Waals surface area contributed by atoms with Crippen molar-refractivity contribution in [3.63, 3.8) is 0 Å². The van der Waals surface area contributed by atoms with Crippen molar-refractivity contribution in [3.05, 3.63) is 53.6 Å². The molecule has 3 rings (SSSR count). The normalized spacial score (nSPS) is 12.4. The summed E-state index contributed by atoms with van der Waals surface area (Å²) in [5.41, 5.74) is 3.70. The summed E-state index contributed by atoms with van der Waals surface area (Å²) >= 11 is 0. The molecule has 1 aliphatic rings. The number of rotatable bonds is 3. The molecule has 20 heavy (non-hydrogen) atoms. The number of anilines is 2. The van der Waals surface area contributed by atoms with Crippen LogP contribution in [-0.2, 0) is 6.42 Å². The molecular weight excluding hydrogens is 252 g/mol. The third-order valence-electron chi connectivity index (χ3n) is 3.41. The van der Waals surface area contributed by atoms with E-state index >= 15 is 0 Å². The number of hydrogen-bond donors (Lipinski definition) is 2. The van der Waals surface area contributed by atoms with Crippen molar-refractivity contribution < 1.29 is 9.53 Å². The van der Waals surface area contributed by atoms with Gasteiger partial charge in [0.2, 0.25) is 0 Å². The molecule has 102 valence electrons. The number of ether oxygens (including phenoxy) is 1. The minimum Gasteiger partial charge on any atom is -0.497 e. The van der Waals surface area contributed by atoms with Gasteiger partial charge in [0, 0.05) is 29.5 Å². The molecule has 0 spiro atoms. The second-order valence-corrected chi connectivity index (χ2v) is 4.73. The maximum Gasteiger partial charge on any atom is 0.255 e. The Morgan fingerprint density at radius 3 is 3.00 bits per heavy atom. The Bertz CT molecular complexity index is 653. The molecule has 0 saturated carbocycles. The third kappa shape index (κ3) is 2.45. The number of carbonyl (C=O) groups excluding carboxylic acids is 1. The molecule has 1 amide bonds. The lowest BCUT2D eigenvalue weighted by Crippen LogP contribution is -2.12. The summed E-state index contributed by atoms with van der Waals surface area (Å²) in [6.07, 6.45) is 1.02. The molecule has 1 aliphatic heterocycles. The van der Waals surface area contributed by atoms with Crippen molar-refractivity contribution in [3.8, 4) is 5.75 Å². The van der Waals surface area contributed by atoms with Crippen LogP contribution in [0.25, 0.3) is 0 Å². The van der Waals surface area contributed by atoms with Crippen molar-refractivity contribution in [2.24, 2.45) is 0 Å². The van der Waals surface area contributed by atoms with Crippen molar-refractivity contribution >= 4 is 17.3 Å². The first-order valence-electron chi connectivity index (χ1n) is 6.58. The van der Waals surface area contributed by atoms with Gasteiger partial charge < -0.3 is 15.4 Å². The molecular formula is C16H16N2O2. The Balaban J connectivity index is 1.79. The number of fused-ring (bicyclic) bond motifs is 1. The Morgan fingerprint density at radius 1 is 1.25 bits per heavy atom. The molecule has 2 aromatic carbocycles. The quantitative estimate of drug-likeness (QED) is 0.900. The Hall–Kier alpha value is -2.49. The lowest BCUT2D eigenvalue weighted by molar-refractivity contribution is 0.102. The van der Waals surface area contributed by atoms with Gasteiger partial charge >= 0.3 is 0 Å². The Morgan fingerprint density at radius 2 is 2.15 bits per heavy atom. The minimum atomic E-state index is -0.116. The SMILES string of the molecule is COc1cccc(NC(=O)c2ccc3c(c2)NCC3)c1. The summed E-state index contributed by atoms with van der Waals surface area (Å²) in [5.74, 6) is 0.605. The van der Waals surface area contributed by atoms with Gasteiger partial charge in [0.1, 0.15) is 5.75 Å². The van der Waals surface area contributed by atoms with E-state index < -0.39 is 0 Å². The first-order chi connectivity index (χ1) is 9.76. The summed E-state index contributed by atoms with van der Waals surface area (Å²) < 4.78 is 5.14. The van der Waals surface area contributed by atoms with Crippen LogP contribution in [0.15, 0.2) is 42.5 Å². The highest BCUT2D eigenvalue weighted by molar-refractivity contribution is 6.05. The lowest BCUT2D eigenvalue weighted by Gasteiger charge is -2.08. The number of carbonyl (C=O) groups is 1. The van der Waals surface area contributed by atoms with Gasteiger partial charge in [-0.3, -0.25) is 4.79 Å². The lowest BCUT2D eigenvalue weighted by atomic mass is 10.1. The molecule has 0 bridgehead atoms. The molecule has 0 unspecified atom stereocenters. The highest BCUT2D eigenvalue weighted by Crippen LogP contribution is 2.24. The summed E-state index contributed by atoms with van der Waals surface area (Å²) in [5, 5.41) is 6.15. The summed E-state index contributed by atoms with van der Waals surface area (Å²) in [4.78, 5) is 12.2.